The lowest BCUT2D eigenvalue weighted by atomic mass is 9.46. The van der Waals surface area contributed by atoms with Crippen LogP contribution in [0.4, 0.5) is 0 Å². The molecule has 23 heavy (non-hydrogen) atoms. The fraction of sp³-hybridized carbons (Fsp3) is 0.824. The number of nitrogens with one attached hydrogen (secondary N) is 1. The van der Waals surface area contributed by atoms with Crippen LogP contribution in [-0.2, 0) is 11.3 Å². The van der Waals surface area contributed by atoms with Crippen molar-refractivity contribution in [1.29, 1.82) is 0 Å². The number of amides is 1. The largest absolute Gasteiger partial charge is 0.390 e. The van der Waals surface area contributed by atoms with Gasteiger partial charge in [0.1, 0.15) is 12.7 Å². The molecule has 4 bridgehead atoms. The Labute approximate surface area is 136 Å². The lowest BCUT2D eigenvalue weighted by Gasteiger charge is -2.62. The third kappa shape index (κ3) is 2.77. The molecule has 1 heterocycles. The number of rotatable bonds is 5. The minimum atomic E-state index is -0.468. The van der Waals surface area contributed by atoms with E-state index in [2.05, 4.69) is 22.3 Å². The van der Waals surface area contributed by atoms with Crippen LogP contribution in [0, 0.1) is 17.3 Å². The molecule has 2 unspecified atom stereocenters. The highest BCUT2D eigenvalue weighted by atomic mass is 16.3. The van der Waals surface area contributed by atoms with E-state index in [4.69, 9.17) is 0 Å². The molecule has 4 aliphatic rings. The molecule has 4 saturated carbocycles. The predicted octanol–water partition coefficient (Wildman–Crippen LogP) is 1.50. The number of aromatic nitrogens is 3. The molecule has 126 valence electrons. The van der Waals surface area contributed by atoms with Crippen molar-refractivity contribution in [2.24, 2.45) is 17.3 Å². The molecule has 1 amide bonds. The summed E-state index contributed by atoms with van der Waals surface area (Å²) >= 11 is 0. The van der Waals surface area contributed by atoms with Crippen molar-refractivity contribution in [3.05, 3.63) is 12.7 Å². The van der Waals surface area contributed by atoms with Gasteiger partial charge in [-0.3, -0.25) is 9.48 Å². The van der Waals surface area contributed by atoms with Gasteiger partial charge >= 0.3 is 0 Å². The van der Waals surface area contributed by atoms with Gasteiger partial charge in [-0.25, -0.2) is 4.98 Å². The van der Waals surface area contributed by atoms with Crippen LogP contribution in [0.25, 0.3) is 0 Å². The van der Waals surface area contributed by atoms with Gasteiger partial charge in [0, 0.05) is 12.5 Å². The third-order valence-corrected chi connectivity index (χ3v) is 6.41. The zero-order valence-corrected chi connectivity index (χ0v) is 13.7. The summed E-state index contributed by atoms with van der Waals surface area (Å²) in [6.07, 6.45) is 9.93. The maximum atomic E-state index is 12.3. The van der Waals surface area contributed by atoms with E-state index in [1.165, 1.54) is 12.7 Å². The predicted molar refractivity (Wildman–Crippen MR) is 84.3 cm³/mol. The minimum absolute atomic E-state index is 0.0655. The van der Waals surface area contributed by atoms with E-state index in [1.807, 2.05) is 0 Å². The molecule has 0 aromatic carbocycles. The Morgan fingerprint density at radius 2 is 2.13 bits per heavy atom. The Morgan fingerprint density at radius 3 is 2.74 bits per heavy atom. The first-order chi connectivity index (χ1) is 11.0. The van der Waals surface area contributed by atoms with Crippen molar-refractivity contribution in [3.63, 3.8) is 0 Å². The van der Waals surface area contributed by atoms with Gasteiger partial charge in [0.25, 0.3) is 0 Å². The molecule has 0 radical (unpaired) electrons. The average Bonchev–Trinajstić information content (AvgIpc) is 2.95. The number of hydrogen-bond donors (Lipinski definition) is 2. The van der Waals surface area contributed by atoms with E-state index in [9.17, 15) is 9.90 Å². The van der Waals surface area contributed by atoms with Gasteiger partial charge in [-0.05, 0) is 62.7 Å². The summed E-state index contributed by atoms with van der Waals surface area (Å²) in [5, 5.41) is 18.1. The van der Waals surface area contributed by atoms with Crippen LogP contribution in [0.2, 0.25) is 0 Å². The Balaban J connectivity index is 1.38. The Bertz CT molecular complexity index is 571. The van der Waals surface area contributed by atoms with Crippen LogP contribution >= 0.6 is 0 Å². The first kappa shape index (κ1) is 15.1. The van der Waals surface area contributed by atoms with Crippen molar-refractivity contribution < 1.29 is 9.90 Å². The standard InChI is InChI=1S/C17H26N4O2/c1-12(20-15(22)2-3-21-11-18-10-19-21)16-5-13-4-14(6-16)8-17(23,7-13)9-16/h10-14,23H,2-9H2,1H3,(H,20,22)/t12-,13-,14+,16?,17?/m1/s1. The Kier molecular flexibility index (Phi) is 3.48. The molecule has 6 nitrogen and oxygen atoms in total. The topological polar surface area (TPSA) is 80.0 Å². The van der Waals surface area contributed by atoms with Gasteiger partial charge in [-0.15, -0.1) is 0 Å². The highest BCUT2D eigenvalue weighted by Crippen LogP contribution is 2.62. The van der Waals surface area contributed by atoms with Crippen molar-refractivity contribution in [3.8, 4) is 0 Å². The summed E-state index contributed by atoms with van der Waals surface area (Å²) in [5.41, 5.74) is -0.369. The fourth-order valence-electron chi connectivity index (χ4n) is 5.82. The zero-order chi connectivity index (χ0) is 16.1. The normalized spacial score (nSPS) is 39.4. The van der Waals surface area contributed by atoms with Crippen LogP contribution in [0.1, 0.15) is 51.9 Å². The maximum absolute atomic E-state index is 12.3. The summed E-state index contributed by atoms with van der Waals surface area (Å²) in [6.45, 7) is 2.69. The fourth-order valence-corrected chi connectivity index (χ4v) is 5.82. The van der Waals surface area contributed by atoms with E-state index in [1.54, 1.807) is 11.0 Å². The number of aryl methyl sites for hydroxylation is 1. The van der Waals surface area contributed by atoms with Crippen molar-refractivity contribution in [2.45, 2.75) is 70.1 Å². The molecular formula is C17H26N4O2. The van der Waals surface area contributed by atoms with Gasteiger partial charge in [-0.1, -0.05) is 0 Å². The van der Waals surface area contributed by atoms with Crippen LogP contribution in [-0.4, -0.2) is 37.4 Å². The van der Waals surface area contributed by atoms with Gasteiger partial charge in [0.2, 0.25) is 5.91 Å². The third-order valence-electron chi connectivity index (χ3n) is 6.41. The summed E-state index contributed by atoms with van der Waals surface area (Å²) in [4.78, 5) is 16.2. The maximum Gasteiger partial charge on any atom is 0.222 e. The molecule has 5 atom stereocenters. The number of carbonyl (C=O) groups excluding carboxylic acids is 1. The van der Waals surface area contributed by atoms with E-state index in [0.717, 1.165) is 32.1 Å². The molecule has 2 N–H and O–H groups in total. The molecule has 6 heteroatoms. The second-order valence-electron chi connectivity index (χ2n) is 8.25. The van der Waals surface area contributed by atoms with Crippen molar-refractivity contribution >= 4 is 5.91 Å². The first-order valence-corrected chi connectivity index (χ1v) is 8.81. The monoisotopic (exact) mass is 318 g/mol. The number of hydrogen-bond acceptors (Lipinski definition) is 4. The smallest absolute Gasteiger partial charge is 0.222 e. The lowest BCUT2D eigenvalue weighted by Crippen LogP contribution is -2.61. The zero-order valence-electron chi connectivity index (χ0n) is 13.7. The Hall–Kier alpha value is -1.43. The van der Waals surface area contributed by atoms with Crippen LogP contribution in [0.15, 0.2) is 12.7 Å². The second-order valence-corrected chi connectivity index (χ2v) is 8.25. The second kappa shape index (κ2) is 5.30. The molecule has 5 rings (SSSR count). The van der Waals surface area contributed by atoms with E-state index in [0.29, 0.717) is 24.8 Å². The van der Waals surface area contributed by atoms with Crippen molar-refractivity contribution in [2.75, 3.05) is 0 Å². The first-order valence-electron chi connectivity index (χ1n) is 8.81. The minimum Gasteiger partial charge on any atom is -0.390 e. The summed E-state index contributed by atoms with van der Waals surface area (Å²) in [7, 11) is 0. The van der Waals surface area contributed by atoms with Crippen LogP contribution < -0.4 is 5.32 Å². The summed E-state index contributed by atoms with van der Waals surface area (Å²) < 4.78 is 1.68. The molecular weight excluding hydrogens is 292 g/mol. The van der Waals surface area contributed by atoms with Gasteiger partial charge in [-0.2, -0.15) is 5.10 Å². The van der Waals surface area contributed by atoms with Gasteiger partial charge in [0.15, 0.2) is 0 Å². The number of carbonyl (C=O) groups is 1. The number of nitrogens with zero attached hydrogens (tertiary/aromatic N) is 3. The lowest BCUT2D eigenvalue weighted by molar-refractivity contribution is -0.173. The van der Waals surface area contributed by atoms with E-state index in [-0.39, 0.29) is 17.4 Å². The molecule has 4 aliphatic carbocycles. The molecule has 1 aromatic rings. The molecule has 4 fully saturated rings. The SMILES string of the molecule is C[C@@H](NC(=O)CCn1cncn1)C12C[C@@H]3C[C@@H](CC(O)(C3)C1)C2. The Morgan fingerprint density at radius 1 is 1.39 bits per heavy atom. The van der Waals surface area contributed by atoms with E-state index < -0.39 is 5.60 Å². The summed E-state index contributed by atoms with van der Waals surface area (Å²) in [6, 6.07) is 0.128. The van der Waals surface area contributed by atoms with Crippen LogP contribution in [0.3, 0.4) is 0 Å². The summed E-state index contributed by atoms with van der Waals surface area (Å²) in [5.74, 6) is 1.36. The quantitative estimate of drug-likeness (QED) is 0.862. The van der Waals surface area contributed by atoms with Crippen LogP contribution in [0.5, 0.6) is 0 Å². The number of aliphatic hydroxyl groups is 1. The molecule has 0 saturated heterocycles. The van der Waals surface area contributed by atoms with Gasteiger partial charge in [0.05, 0.1) is 12.1 Å². The highest BCUT2D eigenvalue weighted by Gasteiger charge is 2.58. The van der Waals surface area contributed by atoms with Gasteiger partial charge < -0.3 is 10.4 Å². The van der Waals surface area contributed by atoms with E-state index >= 15 is 0 Å². The van der Waals surface area contributed by atoms with Crippen molar-refractivity contribution in [1.82, 2.24) is 20.1 Å². The highest BCUT2D eigenvalue weighted by molar-refractivity contribution is 5.76. The molecule has 0 aliphatic heterocycles. The molecule has 0 spiro atoms. The molecule has 1 aromatic heterocycles. The average molecular weight is 318 g/mol.